The van der Waals surface area contributed by atoms with Crippen LogP contribution in [0.25, 0.3) is 0 Å². The van der Waals surface area contributed by atoms with Gasteiger partial charge < -0.3 is 23.3 Å². The predicted molar refractivity (Wildman–Crippen MR) is 164 cm³/mol. The van der Waals surface area contributed by atoms with Crippen molar-refractivity contribution in [2.75, 3.05) is 20.0 Å². The van der Waals surface area contributed by atoms with Gasteiger partial charge in [-0.2, -0.15) is 0 Å². The van der Waals surface area contributed by atoms with E-state index in [4.69, 9.17) is 23.3 Å². The van der Waals surface area contributed by atoms with Crippen LogP contribution in [0.5, 0.6) is 0 Å². The molecule has 42 heavy (non-hydrogen) atoms. The lowest BCUT2D eigenvalue weighted by Crippen LogP contribution is -2.35. The molecule has 0 aromatic carbocycles. The van der Waals surface area contributed by atoms with Crippen molar-refractivity contribution in [3.05, 3.63) is 44.5 Å². The van der Waals surface area contributed by atoms with Crippen molar-refractivity contribution in [3.8, 4) is 0 Å². The van der Waals surface area contributed by atoms with Crippen molar-refractivity contribution >= 4 is 13.8 Å². The number of rotatable bonds is 20. The first-order valence-electron chi connectivity index (χ1n) is 14.8. The Kier molecular flexibility index (Phi) is 16.0. The molecule has 2 atom stereocenters. The van der Waals surface area contributed by atoms with E-state index >= 15 is 0 Å². The van der Waals surface area contributed by atoms with Gasteiger partial charge in [0, 0.05) is 30.7 Å². The molecule has 0 fully saturated rings. The molecule has 0 saturated heterocycles. The van der Waals surface area contributed by atoms with Crippen molar-refractivity contribution in [2.24, 2.45) is 11.3 Å². The molecule has 0 amide bonds. The van der Waals surface area contributed by atoms with Crippen molar-refractivity contribution in [3.63, 3.8) is 0 Å². The van der Waals surface area contributed by atoms with E-state index in [2.05, 4.69) is 46.5 Å². The molecule has 1 heterocycles. The van der Waals surface area contributed by atoms with Crippen LogP contribution < -0.4 is 11.2 Å². The van der Waals surface area contributed by atoms with Crippen LogP contribution in [0.2, 0.25) is 0 Å². The van der Waals surface area contributed by atoms with Crippen LogP contribution in [-0.4, -0.2) is 47.4 Å². The summed E-state index contributed by atoms with van der Waals surface area (Å²) in [5.41, 5.74) is -0.784. The summed E-state index contributed by atoms with van der Waals surface area (Å²) in [6.45, 7) is 18.3. The summed E-state index contributed by atoms with van der Waals surface area (Å²) >= 11 is 0. The first-order valence-corrected chi connectivity index (χ1v) is 16.5. The number of nitrogens with one attached hydrogen (secondary N) is 1. The van der Waals surface area contributed by atoms with E-state index in [9.17, 15) is 18.9 Å². The van der Waals surface area contributed by atoms with E-state index in [0.29, 0.717) is 30.9 Å². The summed E-state index contributed by atoms with van der Waals surface area (Å²) in [5.74, 6) is 1.85. The summed E-state index contributed by atoms with van der Waals surface area (Å²) in [4.78, 5) is 37.5. The van der Waals surface area contributed by atoms with Gasteiger partial charge in [0.05, 0.1) is 18.3 Å². The summed E-state index contributed by atoms with van der Waals surface area (Å²) in [6.07, 6.45) is 6.97. The summed E-state index contributed by atoms with van der Waals surface area (Å²) in [7, 11) is -3.81. The Morgan fingerprint density at radius 3 is 2.43 bits per heavy atom. The van der Waals surface area contributed by atoms with Gasteiger partial charge in [0.2, 0.25) is 6.79 Å². The van der Waals surface area contributed by atoms with Crippen LogP contribution in [0, 0.1) is 18.3 Å². The van der Waals surface area contributed by atoms with Crippen molar-refractivity contribution < 1.29 is 32.6 Å². The number of carbonyl (C=O) groups excluding carboxylic acids is 1. The molecule has 1 N–H and O–H groups in total. The van der Waals surface area contributed by atoms with E-state index in [1.165, 1.54) is 35.8 Å². The third-order valence-electron chi connectivity index (χ3n) is 7.01. The van der Waals surface area contributed by atoms with Gasteiger partial charge in [0.25, 0.3) is 5.56 Å². The molecule has 1 aromatic rings. The topological polar surface area (TPSA) is 135 Å². The number of nitrogens with zero attached hydrogens (tertiary/aromatic N) is 1. The lowest BCUT2D eigenvalue weighted by Gasteiger charge is -2.39. The quantitative estimate of drug-likeness (QED) is 0.0716. The van der Waals surface area contributed by atoms with Gasteiger partial charge in [-0.25, -0.2) is 9.59 Å². The molecule has 2 unspecified atom stereocenters. The number of ether oxygens (including phenoxy) is 3. The molecule has 11 nitrogen and oxygen atoms in total. The zero-order valence-corrected chi connectivity index (χ0v) is 27.9. The number of aromatic nitrogens is 2. The second kappa shape index (κ2) is 17.8. The van der Waals surface area contributed by atoms with Crippen LogP contribution >= 0.6 is 7.60 Å². The number of carbonyl (C=O) groups is 1. The molecule has 0 radical (unpaired) electrons. The third-order valence-corrected chi connectivity index (χ3v) is 8.60. The number of unbranched alkanes of at least 4 members (excludes halogenated alkanes) is 1. The van der Waals surface area contributed by atoms with Crippen LogP contribution in [0.15, 0.2) is 27.7 Å². The fourth-order valence-corrected chi connectivity index (χ4v) is 5.76. The molecular formula is C30H53N2O9P. The summed E-state index contributed by atoms with van der Waals surface area (Å²) < 4.78 is 41.6. The highest BCUT2D eigenvalue weighted by molar-refractivity contribution is 7.57. The van der Waals surface area contributed by atoms with Gasteiger partial charge in [-0.15, -0.1) is 0 Å². The highest BCUT2D eigenvalue weighted by Crippen LogP contribution is 2.50. The Hall–Kier alpha value is -2.20. The van der Waals surface area contributed by atoms with Gasteiger partial charge in [-0.1, -0.05) is 53.0 Å². The van der Waals surface area contributed by atoms with Crippen molar-refractivity contribution in [1.29, 1.82) is 0 Å². The number of allylic oxidation sites excluding steroid dienone is 1. The molecule has 1 aromatic heterocycles. The Balaban J connectivity index is 2.72. The lowest BCUT2D eigenvalue weighted by atomic mass is 9.71. The average molecular weight is 617 g/mol. The molecule has 0 aliphatic heterocycles. The molecule has 0 aliphatic carbocycles. The maximum absolute atomic E-state index is 13.4. The van der Waals surface area contributed by atoms with Gasteiger partial charge in [0.1, 0.15) is 0 Å². The number of hydrogen-bond acceptors (Lipinski definition) is 9. The van der Waals surface area contributed by atoms with Crippen molar-refractivity contribution in [1.82, 2.24) is 9.55 Å². The molecule has 0 bridgehead atoms. The van der Waals surface area contributed by atoms with Crippen LogP contribution in [0.1, 0.15) is 99.5 Å². The van der Waals surface area contributed by atoms with Gasteiger partial charge in [-0.05, 0) is 65.2 Å². The van der Waals surface area contributed by atoms with E-state index in [1.54, 1.807) is 26.8 Å². The standard InChI is InChI=1S/C30H53N2O9P/c1-10-11-15-25(5)29(6,7)21-30(8,9)38-17-14-18-39-42(36,40-22-37-28(35)41-23(2)3)19-13-12-16-32-20-24(4)26(33)31-27(32)34/h13,19-20,23,25H,10-12,14-18,21-22H2,1-9H3,(H,31,33,34)/b19-13+. The third kappa shape index (κ3) is 14.8. The smallest absolute Gasteiger partial charge is 0.432 e. The van der Waals surface area contributed by atoms with Gasteiger partial charge in [0.15, 0.2) is 0 Å². The Bertz CT molecular complexity index is 1150. The molecule has 242 valence electrons. The highest BCUT2D eigenvalue weighted by atomic mass is 31.2. The minimum Gasteiger partial charge on any atom is -0.432 e. The second-order valence-electron chi connectivity index (χ2n) is 12.3. The monoisotopic (exact) mass is 616 g/mol. The Morgan fingerprint density at radius 1 is 1.10 bits per heavy atom. The summed E-state index contributed by atoms with van der Waals surface area (Å²) in [5, 5.41) is 0. The molecule has 0 saturated carbocycles. The Labute approximate surface area is 250 Å². The fourth-order valence-electron chi connectivity index (χ4n) is 4.52. The van der Waals surface area contributed by atoms with E-state index in [-0.39, 0.29) is 30.3 Å². The van der Waals surface area contributed by atoms with Crippen molar-refractivity contribution in [2.45, 2.75) is 119 Å². The molecule has 12 heteroatoms. The number of hydrogen-bond donors (Lipinski definition) is 1. The normalized spacial score (nSPS) is 14.7. The first kappa shape index (κ1) is 37.8. The number of aromatic amines is 1. The van der Waals surface area contributed by atoms with E-state index < -0.39 is 31.8 Å². The van der Waals surface area contributed by atoms with Gasteiger partial charge >= 0.3 is 19.4 Å². The Morgan fingerprint density at radius 2 is 1.79 bits per heavy atom. The largest absolute Gasteiger partial charge is 0.510 e. The minimum atomic E-state index is -3.81. The minimum absolute atomic E-state index is 0.0863. The zero-order chi connectivity index (χ0) is 32.0. The van der Waals surface area contributed by atoms with Gasteiger partial charge in [-0.3, -0.25) is 18.9 Å². The van der Waals surface area contributed by atoms with E-state index in [0.717, 1.165) is 6.42 Å². The first-order chi connectivity index (χ1) is 19.5. The molecule has 1 rings (SSSR count). The van der Waals surface area contributed by atoms with Crippen LogP contribution in [-0.2, 0) is 34.4 Å². The van der Waals surface area contributed by atoms with Crippen LogP contribution in [0.4, 0.5) is 4.79 Å². The predicted octanol–water partition coefficient (Wildman–Crippen LogP) is 6.92. The SMILES string of the molecule is CCCCC(C)C(C)(C)CC(C)(C)OCCCOP(=O)(/C=C/CCn1cc(C)c(=O)[nH]c1=O)OCOC(=O)OC(C)C. The molecule has 0 spiro atoms. The second-order valence-corrected chi connectivity index (χ2v) is 14.2. The highest BCUT2D eigenvalue weighted by Gasteiger charge is 2.33. The zero-order valence-electron chi connectivity index (χ0n) is 27.0. The maximum Gasteiger partial charge on any atom is 0.510 e. The maximum atomic E-state index is 13.4. The van der Waals surface area contributed by atoms with E-state index in [1.807, 2.05) is 0 Å². The number of H-pyrrole nitrogens is 1. The average Bonchev–Trinajstić information content (AvgIpc) is 2.86. The summed E-state index contributed by atoms with van der Waals surface area (Å²) in [6, 6.07) is 0. The molecule has 0 aliphatic rings. The lowest BCUT2D eigenvalue weighted by molar-refractivity contribution is -0.0586. The fraction of sp³-hybridized carbons (Fsp3) is 0.767. The number of aryl methyl sites for hydroxylation is 2. The van der Waals surface area contributed by atoms with Crippen LogP contribution in [0.3, 0.4) is 0 Å². The molecular weight excluding hydrogens is 563 g/mol.